The van der Waals surface area contributed by atoms with Gasteiger partial charge in [0, 0.05) is 19.6 Å². The standard InChI is InChI=1S/C13H25N3O/c1-13(12(14)17,10-11-4-2-5-11)16-8-3-6-15-7-9-16/h11,15H,2-10H2,1H3,(H2,14,17). The lowest BCUT2D eigenvalue weighted by Crippen LogP contribution is -2.57. The second kappa shape index (κ2) is 5.36. The molecule has 1 amide bonds. The first kappa shape index (κ1) is 12.8. The molecule has 4 nitrogen and oxygen atoms in total. The smallest absolute Gasteiger partial charge is 0.237 e. The molecule has 1 atom stereocenters. The molecule has 0 bridgehead atoms. The van der Waals surface area contributed by atoms with E-state index < -0.39 is 5.54 Å². The maximum absolute atomic E-state index is 11.9. The van der Waals surface area contributed by atoms with Crippen molar-refractivity contribution < 1.29 is 4.79 Å². The van der Waals surface area contributed by atoms with Gasteiger partial charge in [-0.1, -0.05) is 19.3 Å². The summed E-state index contributed by atoms with van der Waals surface area (Å²) >= 11 is 0. The average molecular weight is 239 g/mol. The minimum Gasteiger partial charge on any atom is -0.368 e. The van der Waals surface area contributed by atoms with Crippen molar-refractivity contribution >= 4 is 5.91 Å². The second-order valence-corrected chi connectivity index (χ2v) is 5.73. The third kappa shape index (κ3) is 2.80. The van der Waals surface area contributed by atoms with Gasteiger partial charge in [-0.25, -0.2) is 0 Å². The Balaban J connectivity index is 2.04. The van der Waals surface area contributed by atoms with E-state index in [0.29, 0.717) is 5.92 Å². The van der Waals surface area contributed by atoms with Crippen LogP contribution in [0.25, 0.3) is 0 Å². The highest BCUT2D eigenvalue weighted by Gasteiger charge is 2.40. The van der Waals surface area contributed by atoms with Gasteiger partial charge in [-0.05, 0) is 32.2 Å². The summed E-state index contributed by atoms with van der Waals surface area (Å²) in [6.07, 6.45) is 5.92. The molecule has 1 heterocycles. The van der Waals surface area contributed by atoms with E-state index in [-0.39, 0.29) is 5.91 Å². The zero-order valence-corrected chi connectivity index (χ0v) is 10.9. The predicted molar refractivity (Wildman–Crippen MR) is 68.6 cm³/mol. The molecule has 1 aliphatic carbocycles. The molecule has 0 aromatic carbocycles. The molecular weight excluding hydrogens is 214 g/mol. The number of hydrogen-bond acceptors (Lipinski definition) is 3. The highest BCUT2D eigenvalue weighted by molar-refractivity contribution is 5.84. The van der Waals surface area contributed by atoms with Crippen molar-refractivity contribution in [3.8, 4) is 0 Å². The highest BCUT2D eigenvalue weighted by atomic mass is 16.1. The Labute approximate surface area is 104 Å². The average Bonchev–Trinajstić information content (AvgIpc) is 2.51. The summed E-state index contributed by atoms with van der Waals surface area (Å²) in [5.74, 6) is 0.565. The maximum Gasteiger partial charge on any atom is 0.237 e. The monoisotopic (exact) mass is 239 g/mol. The van der Waals surface area contributed by atoms with Crippen molar-refractivity contribution in [2.24, 2.45) is 11.7 Å². The van der Waals surface area contributed by atoms with Crippen LogP contribution in [0.1, 0.15) is 39.0 Å². The van der Waals surface area contributed by atoms with E-state index in [1.807, 2.05) is 6.92 Å². The molecule has 0 spiro atoms. The second-order valence-electron chi connectivity index (χ2n) is 5.73. The van der Waals surface area contributed by atoms with Gasteiger partial charge in [0.05, 0.1) is 5.54 Å². The molecular formula is C13H25N3O. The van der Waals surface area contributed by atoms with Crippen LogP contribution in [0.15, 0.2) is 0 Å². The summed E-state index contributed by atoms with van der Waals surface area (Å²) in [6, 6.07) is 0. The Morgan fingerprint density at radius 3 is 2.71 bits per heavy atom. The van der Waals surface area contributed by atoms with E-state index >= 15 is 0 Å². The lowest BCUT2D eigenvalue weighted by molar-refractivity contribution is -0.131. The fourth-order valence-electron chi connectivity index (χ4n) is 2.98. The van der Waals surface area contributed by atoms with Crippen LogP contribution in [-0.4, -0.2) is 42.5 Å². The van der Waals surface area contributed by atoms with Crippen molar-refractivity contribution in [3.63, 3.8) is 0 Å². The van der Waals surface area contributed by atoms with Crippen LogP contribution in [0.4, 0.5) is 0 Å². The number of hydrogen-bond donors (Lipinski definition) is 2. The van der Waals surface area contributed by atoms with Crippen molar-refractivity contribution in [2.75, 3.05) is 26.2 Å². The lowest BCUT2D eigenvalue weighted by Gasteiger charge is -2.42. The van der Waals surface area contributed by atoms with Crippen LogP contribution in [0.5, 0.6) is 0 Å². The summed E-state index contributed by atoms with van der Waals surface area (Å²) in [6.45, 7) is 5.98. The molecule has 17 heavy (non-hydrogen) atoms. The number of nitrogens with zero attached hydrogens (tertiary/aromatic N) is 1. The third-order valence-corrected chi connectivity index (χ3v) is 4.48. The van der Waals surface area contributed by atoms with Crippen molar-refractivity contribution in [1.29, 1.82) is 0 Å². The number of amides is 1. The molecule has 0 aromatic rings. The molecule has 98 valence electrons. The van der Waals surface area contributed by atoms with Gasteiger partial charge >= 0.3 is 0 Å². The number of carbonyl (C=O) groups is 1. The first-order valence-corrected chi connectivity index (χ1v) is 6.88. The summed E-state index contributed by atoms with van der Waals surface area (Å²) in [5, 5.41) is 3.38. The largest absolute Gasteiger partial charge is 0.368 e. The number of nitrogens with one attached hydrogen (secondary N) is 1. The molecule has 2 aliphatic rings. The number of rotatable bonds is 4. The minimum atomic E-state index is -0.433. The van der Waals surface area contributed by atoms with Crippen LogP contribution in [0.3, 0.4) is 0 Å². The van der Waals surface area contributed by atoms with Crippen LogP contribution >= 0.6 is 0 Å². The summed E-state index contributed by atoms with van der Waals surface area (Å²) in [5.41, 5.74) is 5.25. The molecule has 2 fully saturated rings. The summed E-state index contributed by atoms with van der Waals surface area (Å²) in [7, 11) is 0. The molecule has 4 heteroatoms. The SMILES string of the molecule is CC(CC1CCC1)(C(N)=O)N1CCCNCC1. The first-order valence-electron chi connectivity index (χ1n) is 6.88. The molecule has 1 saturated heterocycles. The Bertz CT molecular complexity index is 270. The molecule has 1 saturated carbocycles. The van der Waals surface area contributed by atoms with E-state index in [9.17, 15) is 4.79 Å². The van der Waals surface area contributed by atoms with E-state index in [1.54, 1.807) is 0 Å². The van der Waals surface area contributed by atoms with Gasteiger partial charge in [-0.15, -0.1) is 0 Å². The Morgan fingerprint density at radius 2 is 2.12 bits per heavy atom. The van der Waals surface area contributed by atoms with Gasteiger partial charge in [0.2, 0.25) is 5.91 Å². The van der Waals surface area contributed by atoms with Crippen molar-refractivity contribution in [1.82, 2.24) is 10.2 Å². The van der Waals surface area contributed by atoms with Gasteiger partial charge in [0.15, 0.2) is 0 Å². The number of carbonyl (C=O) groups excluding carboxylic acids is 1. The molecule has 1 unspecified atom stereocenters. The first-order chi connectivity index (χ1) is 8.13. The fourth-order valence-corrected chi connectivity index (χ4v) is 2.98. The Morgan fingerprint density at radius 1 is 1.35 bits per heavy atom. The third-order valence-electron chi connectivity index (χ3n) is 4.48. The minimum absolute atomic E-state index is 0.147. The molecule has 0 aromatic heterocycles. The lowest BCUT2D eigenvalue weighted by atomic mass is 9.75. The number of nitrogens with two attached hydrogens (primary N) is 1. The van der Waals surface area contributed by atoms with Gasteiger partial charge < -0.3 is 11.1 Å². The van der Waals surface area contributed by atoms with Crippen LogP contribution in [-0.2, 0) is 4.79 Å². The predicted octanol–water partition coefficient (Wildman–Crippen LogP) is 0.716. The van der Waals surface area contributed by atoms with E-state index in [2.05, 4.69) is 10.2 Å². The van der Waals surface area contributed by atoms with Gasteiger partial charge in [0.25, 0.3) is 0 Å². The van der Waals surface area contributed by atoms with E-state index in [4.69, 9.17) is 5.73 Å². The normalized spacial score (nSPS) is 26.9. The molecule has 2 rings (SSSR count). The topological polar surface area (TPSA) is 58.4 Å². The quantitative estimate of drug-likeness (QED) is 0.760. The highest BCUT2D eigenvalue weighted by Crippen LogP contribution is 2.36. The van der Waals surface area contributed by atoms with Gasteiger partial charge in [0.1, 0.15) is 0 Å². The summed E-state index contributed by atoms with van der Waals surface area (Å²) < 4.78 is 0. The van der Waals surface area contributed by atoms with E-state index in [0.717, 1.165) is 39.0 Å². The Hall–Kier alpha value is -0.610. The zero-order valence-electron chi connectivity index (χ0n) is 10.9. The number of primary amides is 1. The van der Waals surface area contributed by atoms with Crippen LogP contribution in [0, 0.1) is 5.92 Å². The van der Waals surface area contributed by atoms with E-state index in [1.165, 1.54) is 19.3 Å². The van der Waals surface area contributed by atoms with Gasteiger partial charge in [-0.3, -0.25) is 9.69 Å². The maximum atomic E-state index is 11.9. The molecule has 0 radical (unpaired) electrons. The zero-order chi connectivity index (χ0) is 12.3. The van der Waals surface area contributed by atoms with Gasteiger partial charge in [-0.2, -0.15) is 0 Å². The molecule has 1 aliphatic heterocycles. The van der Waals surface area contributed by atoms with Crippen molar-refractivity contribution in [2.45, 2.75) is 44.6 Å². The summed E-state index contributed by atoms with van der Waals surface area (Å²) in [4.78, 5) is 14.2. The van der Waals surface area contributed by atoms with Crippen LogP contribution < -0.4 is 11.1 Å². The van der Waals surface area contributed by atoms with Crippen molar-refractivity contribution in [3.05, 3.63) is 0 Å². The fraction of sp³-hybridized carbons (Fsp3) is 0.923. The Kier molecular flexibility index (Phi) is 4.05. The van der Waals surface area contributed by atoms with Crippen LogP contribution in [0.2, 0.25) is 0 Å². The molecule has 3 N–H and O–H groups in total.